The van der Waals surface area contributed by atoms with Gasteiger partial charge in [-0.05, 0) is 66.8 Å². The highest BCUT2D eigenvalue weighted by molar-refractivity contribution is 5.73. The molecule has 2 aromatic carbocycles. The molecule has 188 valence electrons. The average Bonchev–Trinajstić information content (AvgIpc) is 3.68. The van der Waals surface area contributed by atoms with Crippen LogP contribution in [0.2, 0.25) is 0 Å². The number of nitrogens with zero attached hydrogens (tertiary/aromatic N) is 1. The predicted molar refractivity (Wildman–Crippen MR) is 128 cm³/mol. The van der Waals surface area contributed by atoms with Crippen LogP contribution in [0.1, 0.15) is 61.6 Å². The maximum Gasteiger partial charge on any atom is 0.418 e. The molecule has 0 amide bonds. The fourth-order valence-electron chi connectivity index (χ4n) is 5.98. The van der Waals surface area contributed by atoms with Crippen molar-refractivity contribution in [2.24, 2.45) is 11.8 Å². The van der Waals surface area contributed by atoms with Crippen molar-refractivity contribution < 1.29 is 27.4 Å². The van der Waals surface area contributed by atoms with Gasteiger partial charge < -0.3 is 14.4 Å². The van der Waals surface area contributed by atoms with Crippen LogP contribution in [-0.4, -0.2) is 31.8 Å². The number of piperidine rings is 1. The van der Waals surface area contributed by atoms with Crippen molar-refractivity contribution in [2.75, 3.05) is 25.1 Å². The summed E-state index contributed by atoms with van der Waals surface area (Å²) in [7, 11) is 1.43. The first-order chi connectivity index (χ1) is 16.7. The highest BCUT2D eigenvalue weighted by Gasteiger charge is 2.43. The van der Waals surface area contributed by atoms with E-state index in [9.17, 15) is 18.0 Å². The van der Waals surface area contributed by atoms with Crippen molar-refractivity contribution >= 4 is 11.7 Å². The summed E-state index contributed by atoms with van der Waals surface area (Å²) < 4.78 is 52.3. The van der Waals surface area contributed by atoms with E-state index in [2.05, 4.69) is 18.2 Å². The summed E-state index contributed by atoms with van der Waals surface area (Å²) in [5, 5.41) is 0. The molecule has 1 spiro atoms. The van der Waals surface area contributed by atoms with E-state index in [1.807, 2.05) is 11.8 Å². The van der Waals surface area contributed by atoms with Crippen LogP contribution in [0.15, 0.2) is 42.5 Å². The fraction of sp³-hybridized carbons (Fsp3) is 0.536. The molecule has 3 aliphatic rings. The molecule has 2 heterocycles. The Kier molecular flexibility index (Phi) is 6.22. The van der Waals surface area contributed by atoms with E-state index < -0.39 is 11.7 Å². The van der Waals surface area contributed by atoms with Crippen LogP contribution in [0.5, 0.6) is 5.75 Å². The van der Waals surface area contributed by atoms with Crippen LogP contribution < -0.4 is 9.64 Å². The molecule has 2 aliphatic heterocycles. The number of hydrogen-bond donors (Lipinski definition) is 0. The van der Waals surface area contributed by atoms with Crippen molar-refractivity contribution in [2.45, 2.75) is 63.1 Å². The maximum atomic E-state index is 13.5. The van der Waals surface area contributed by atoms with Crippen molar-refractivity contribution in [1.29, 1.82) is 0 Å². The first-order valence-corrected chi connectivity index (χ1v) is 12.5. The van der Waals surface area contributed by atoms with Crippen LogP contribution >= 0.6 is 0 Å². The minimum Gasteiger partial charge on any atom is -0.487 e. The first-order valence-electron chi connectivity index (χ1n) is 12.5. The number of alkyl halides is 3. The third-order valence-corrected chi connectivity index (χ3v) is 8.12. The van der Waals surface area contributed by atoms with Crippen LogP contribution in [0, 0.1) is 11.8 Å². The topological polar surface area (TPSA) is 38.8 Å². The normalized spacial score (nSPS) is 21.1. The van der Waals surface area contributed by atoms with Gasteiger partial charge in [0, 0.05) is 31.6 Å². The van der Waals surface area contributed by atoms with Crippen molar-refractivity contribution in [3.05, 3.63) is 59.2 Å². The van der Waals surface area contributed by atoms with Gasteiger partial charge in [0.25, 0.3) is 0 Å². The summed E-state index contributed by atoms with van der Waals surface area (Å²) in [4.78, 5) is 14.1. The van der Waals surface area contributed by atoms with Crippen LogP contribution in [0.25, 0.3) is 0 Å². The molecule has 0 radical (unpaired) electrons. The largest absolute Gasteiger partial charge is 0.487 e. The highest BCUT2D eigenvalue weighted by atomic mass is 19.4. The average molecular weight is 488 g/mol. The third kappa shape index (κ3) is 4.74. The number of ether oxygens (including phenoxy) is 2. The van der Waals surface area contributed by atoms with Crippen molar-refractivity contribution in [1.82, 2.24) is 0 Å². The second-order valence-corrected chi connectivity index (χ2v) is 10.3. The number of methoxy groups -OCH3 is 1. The van der Waals surface area contributed by atoms with E-state index in [1.165, 1.54) is 13.2 Å². The standard InChI is InChI=1S/C28H32F3NO3/c1-18(26(33)34-2)25(20-8-9-20)21-10-7-19-11-12-27(35-24(19)17-21)13-15-32(16-14-27)23-6-4-3-5-22(23)28(29,30)31/h3-7,10,17-18,20,25H,8-9,11-16H2,1-2H3/t18-,25-/m0/s1. The monoisotopic (exact) mass is 487 g/mol. The van der Waals surface area contributed by atoms with E-state index in [1.54, 1.807) is 12.1 Å². The minimum atomic E-state index is -4.37. The molecule has 2 aromatic rings. The number of carbonyl (C=O) groups excluding carboxylic acids is 1. The molecule has 1 saturated heterocycles. The number of esters is 1. The number of para-hydroxylation sites is 1. The lowest BCUT2D eigenvalue weighted by Gasteiger charge is -2.45. The number of anilines is 1. The van der Waals surface area contributed by atoms with Gasteiger partial charge in [-0.15, -0.1) is 0 Å². The molecule has 1 aliphatic carbocycles. The minimum absolute atomic E-state index is 0.106. The molecule has 0 bridgehead atoms. The number of aryl methyl sites for hydroxylation is 1. The van der Waals surface area contributed by atoms with Gasteiger partial charge in [0.2, 0.25) is 0 Å². The molecule has 7 heteroatoms. The summed E-state index contributed by atoms with van der Waals surface area (Å²) in [6.45, 7) is 2.98. The Morgan fingerprint density at radius 2 is 1.83 bits per heavy atom. The molecule has 4 nitrogen and oxygen atoms in total. The van der Waals surface area contributed by atoms with Crippen LogP contribution in [0.3, 0.4) is 0 Å². The molecular formula is C28H32F3NO3. The zero-order valence-electron chi connectivity index (χ0n) is 20.2. The molecular weight excluding hydrogens is 455 g/mol. The Morgan fingerprint density at radius 3 is 2.49 bits per heavy atom. The van der Waals surface area contributed by atoms with Crippen molar-refractivity contribution in [3.63, 3.8) is 0 Å². The Bertz CT molecular complexity index is 1090. The quantitative estimate of drug-likeness (QED) is 0.459. The lowest BCUT2D eigenvalue weighted by Crippen LogP contribution is -2.50. The van der Waals surface area contributed by atoms with Gasteiger partial charge in [-0.2, -0.15) is 13.2 Å². The highest BCUT2D eigenvalue weighted by Crippen LogP contribution is 2.49. The van der Waals surface area contributed by atoms with Gasteiger partial charge in [0.05, 0.1) is 18.6 Å². The van der Waals surface area contributed by atoms with Crippen LogP contribution in [0.4, 0.5) is 18.9 Å². The van der Waals surface area contributed by atoms with Gasteiger partial charge in [0.1, 0.15) is 11.4 Å². The van der Waals surface area contributed by atoms with Crippen molar-refractivity contribution in [3.8, 4) is 5.75 Å². The summed E-state index contributed by atoms with van der Waals surface area (Å²) in [5.41, 5.74) is 1.57. The van der Waals surface area contributed by atoms with Gasteiger partial charge in [-0.3, -0.25) is 4.79 Å². The van der Waals surface area contributed by atoms with Gasteiger partial charge in [-0.25, -0.2) is 0 Å². The number of rotatable bonds is 5. The molecule has 1 saturated carbocycles. The second kappa shape index (κ2) is 9.07. The van der Waals surface area contributed by atoms with E-state index in [0.717, 1.165) is 48.6 Å². The molecule has 35 heavy (non-hydrogen) atoms. The second-order valence-electron chi connectivity index (χ2n) is 10.3. The lowest BCUT2D eigenvalue weighted by molar-refractivity contribution is -0.145. The Morgan fingerprint density at radius 1 is 1.11 bits per heavy atom. The van der Waals surface area contributed by atoms with Crippen LogP contribution in [-0.2, 0) is 22.1 Å². The Labute approximate surface area is 204 Å². The third-order valence-electron chi connectivity index (χ3n) is 8.12. The lowest BCUT2D eigenvalue weighted by atomic mass is 9.80. The molecule has 0 N–H and O–H groups in total. The van der Waals surface area contributed by atoms with Gasteiger partial charge in [0.15, 0.2) is 0 Å². The SMILES string of the molecule is COC(=O)[C@@H](C)[C@H](c1ccc2c(c1)OC1(CC2)CCN(c2ccccc2C(F)(F)F)CC1)C1CC1. The maximum absolute atomic E-state index is 13.5. The van der Waals surface area contributed by atoms with E-state index in [4.69, 9.17) is 9.47 Å². The zero-order valence-corrected chi connectivity index (χ0v) is 20.2. The number of carbonyl (C=O) groups is 1. The Hall–Kier alpha value is -2.70. The fourth-order valence-corrected chi connectivity index (χ4v) is 5.98. The summed E-state index contributed by atoms with van der Waals surface area (Å²) in [6.07, 6.45) is 0.948. The molecule has 0 unspecified atom stereocenters. The predicted octanol–water partition coefficient (Wildman–Crippen LogP) is 6.37. The molecule has 5 rings (SSSR count). The van der Waals surface area contributed by atoms with E-state index in [0.29, 0.717) is 31.8 Å². The molecule has 0 aromatic heterocycles. The number of fused-ring (bicyclic) bond motifs is 1. The van der Waals surface area contributed by atoms with Gasteiger partial charge in [-0.1, -0.05) is 31.2 Å². The summed E-state index contributed by atoms with van der Waals surface area (Å²) >= 11 is 0. The van der Waals surface area contributed by atoms with E-state index >= 15 is 0 Å². The van der Waals surface area contributed by atoms with Gasteiger partial charge >= 0.3 is 12.1 Å². The summed E-state index contributed by atoms with van der Waals surface area (Å²) in [5.74, 6) is 1.04. The first kappa shape index (κ1) is 24.0. The number of hydrogen-bond acceptors (Lipinski definition) is 4. The van der Waals surface area contributed by atoms with E-state index in [-0.39, 0.29) is 29.1 Å². The Balaban J connectivity index is 1.33. The molecule has 2 fully saturated rings. The molecule has 2 atom stereocenters. The number of benzene rings is 2. The smallest absolute Gasteiger partial charge is 0.418 e. The zero-order chi connectivity index (χ0) is 24.8. The summed E-state index contributed by atoms with van der Waals surface area (Å²) in [6, 6.07) is 12.2. The number of halogens is 3.